The van der Waals surface area contributed by atoms with Crippen molar-refractivity contribution in [3.05, 3.63) is 70.5 Å². The van der Waals surface area contributed by atoms with Crippen LogP contribution in [0.15, 0.2) is 53.0 Å². The maximum absolute atomic E-state index is 14.2. The number of nitrogens with zero attached hydrogens (tertiary/aromatic N) is 6. The molecule has 8 nitrogen and oxygen atoms in total. The summed E-state index contributed by atoms with van der Waals surface area (Å²) in [6.07, 6.45) is 11.2. The van der Waals surface area contributed by atoms with Crippen LogP contribution in [-0.2, 0) is 6.54 Å². The topological polar surface area (TPSA) is 90.7 Å². The normalized spacial score (nSPS) is 16.5. The SMILES string of the molecule is C=Nc1cncc(C2CC2)c1/C(=N\Cc1ccnc(Nc2ncc(Cl)cc2F)c1)N(C)C1CCNCC1. The van der Waals surface area contributed by atoms with E-state index in [4.69, 9.17) is 16.6 Å². The molecule has 0 atom stereocenters. The van der Waals surface area contributed by atoms with Gasteiger partial charge in [0.05, 0.1) is 23.5 Å². The lowest BCUT2D eigenvalue weighted by Gasteiger charge is -2.35. The first-order valence-corrected chi connectivity index (χ1v) is 12.9. The van der Waals surface area contributed by atoms with Gasteiger partial charge in [-0.1, -0.05) is 11.6 Å². The number of piperidine rings is 1. The van der Waals surface area contributed by atoms with E-state index in [1.165, 1.54) is 17.8 Å². The summed E-state index contributed by atoms with van der Waals surface area (Å²) >= 11 is 5.82. The van der Waals surface area contributed by atoms with E-state index in [0.717, 1.165) is 61.4 Å². The Hall–Kier alpha value is -3.43. The summed E-state index contributed by atoms with van der Waals surface area (Å²) in [5.74, 6) is 1.38. The molecule has 2 fully saturated rings. The molecule has 2 aliphatic rings. The summed E-state index contributed by atoms with van der Waals surface area (Å²) in [5, 5.41) is 6.61. The number of halogens is 2. The van der Waals surface area contributed by atoms with Crippen LogP contribution in [0.2, 0.25) is 5.02 Å². The van der Waals surface area contributed by atoms with Crippen LogP contribution in [-0.4, -0.2) is 58.6 Å². The molecule has 0 aromatic carbocycles. The van der Waals surface area contributed by atoms with Crippen LogP contribution in [0.5, 0.6) is 0 Å². The second kappa shape index (κ2) is 11.3. The third-order valence-electron chi connectivity index (χ3n) is 6.85. The summed E-state index contributed by atoms with van der Waals surface area (Å²) in [6, 6.07) is 5.34. The Morgan fingerprint density at radius 1 is 1.19 bits per heavy atom. The lowest BCUT2D eigenvalue weighted by Crippen LogP contribution is -2.44. The number of anilines is 2. The number of aromatic nitrogens is 3. The Bertz CT molecular complexity index is 1300. The van der Waals surface area contributed by atoms with Crippen molar-refractivity contribution in [1.29, 1.82) is 0 Å². The predicted octanol–water partition coefficient (Wildman–Crippen LogP) is 5.25. The molecular weight excluding hydrogens is 491 g/mol. The molecule has 0 amide bonds. The quantitative estimate of drug-likeness (QED) is 0.311. The van der Waals surface area contributed by atoms with Crippen LogP contribution in [0.4, 0.5) is 21.7 Å². The van der Waals surface area contributed by atoms with Crippen LogP contribution in [0.3, 0.4) is 0 Å². The van der Waals surface area contributed by atoms with Crippen LogP contribution < -0.4 is 10.6 Å². The minimum absolute atomic E-state index is 0.0661. The van der Waals surface area contributed by atoms with Crippen molar-refractivity contribution in [2.45, 2.75) is 44.2 Å². The van der Waals surface area contributed by atoms with Gasteiger partial charge in [-0.2, -0.15) is 0 Å². The number of aliphatic imine (C=N–C) groups is 2. The van der Waals surface area contributed by atoms with E-state index >= 15 is 0 Å². The number of rotatable bonds is 8. The minimum atomic E-state index is -0.543. The van der Waals surface area contributed by atoms with Crippen molar-refractivity contribution in [1.82, 2.24) is 25.2 Å². The summed E-state index contributed by atoms with van der Waals surface area (Å²) in [5.41, 5.74) is 3.89. The third-order valence-corrected chi connectivity index (χ3v) is 7.05. The van der Waals surface area contributed by atoms with Crippen molar-refractivity contribution in [3.8, 4) is 0 Å². The average molecular weight is 521 g/mol. The zero-order chi connectivity index (χ0) is 25.8. The molecule has 3 aromatic rings. The molecule has 2 N–H and O–H groups in total. The van der Waals surface area contributed by atoms with Crippen LogP contribution >= 0.6 is 11.6 Å². The number of pyridine rings is 3. The highest BCUT2D eigenvalue weighted by Gasteiger charge is 2.32. The molecule has 3 aromatic heterocycles. The summed E-state index contributed by atoms with van der Waals surface area (Å²) in [6.45, 7) is 6.20. The minimum Gasteiger partial charge on any atom is -0.356 e. The lowest BCUT2D eigenvalue weighted by molar-refractivity contribution is 0.289. The van der Waals surface area contributed by atoms with E-state index in [1.54, 1.807) is 12.4 Å². The van der Waals surface area contributed by atoms with E-state index in [0.29, 0.717) is 24.3 Å². The van der Waals surface area contributed by atoms with Gasteiger partial charge in [0, 0.05) is 37.2 Å². The van der Waals surface area contributed by atoms with Gasteiger partial charge in [0.2, 0.25) is 0 Å². The molecule has 1 aliphatic heterocycles. The first kappa shape index (κ1) is 25.2. The lowest BCUT2D eigenvalue weighted by atomic mass is 9.99. The van der Waals surface area contributed by atoms with Gasteiger partial charge >= 0.3 is 0 Å². The molecule has 0 bridgehead atoms. The maximum Gasteiger partial charge on any atom is 0.167 e. The first-order valence-electron chi connectivity index (χ1n) is 12.5. The summed E-state index contributed by atoms with van der Waals surface area (Å²) in [7, 11) is 2.12. The van der Waals surface area contributed by atoms with Gasteiger partial charge in [-0.25, -0.2) is 14.4 Å². The summed E-state index contributed by atoms with van der Waals surface area (Å²) in [4.78, 5) is 24.5. The van der Waals surface area contributed by atoms with Crippen LogP contribution in [0.1, 0.15) is 48.3 Å². The molecule has 0 unspecified atom stereocenters. The fourth-order valence-electron chi connectivity index (χ4n) is 4.70. The van der Waals surface area contributed by atoms with Gasteiger partial charge in [0.1, 0.15) is 11.7 Å². The Morgan fingerprint density at radius 2 is 2.00 bits per heavy atom. The van der Waals surface area contributed by atoms with Crippen LogP contribution in [0.25, 0.3) is 0 Å². The van der Waals surface area contributed by atoms with Gasteiger partial charge in [0.25, 0.3) is 0 Å². The molecule has 192 valence electrons. The van der Waals surface area contributed by atoms with E-state index in [9.17, 15) is 4.39 Å². The monoisotopic (exact) mass is 520 g/mol. The van der Waals surface area contributed by atoms with E-state index in [1.807, 2.05) is 18.3 Å². The number of hydrogen-bond donors (Lipinski definition) is 2. The molecule has 37 heavy (non-hydrogen) atoms. The molecular formula is C27H30ClFN8. The Morgan fingerprint density at radius 3 is 2.73 bits per heavy atom. The van der Waals surface area contributed by atoms with Crippen molar-refractivity contribution >= 4 is 41.5 Å². The Balaban J connectivity index is 1.47. The van der Waals surface area contributed by atoms with Gasteiger partial charge in [-0.15, -0.1) is 0 Å². The smallest absolute Gasteiger partial charge is 0.167 e. The summed E-state index contributed by atoms with van der Waals surface area (Å²) < 4.78 is 14.2. The number of nitrogens with one attached hydrogen (secondary N) is 2. The fraction of sp³-hybridized carbons (Fsp3) is 0.370. The van der Waals surface area contributed by atoms with Crippen molar-refractivity contribution in [3.63, 3.8) is 0 Å². The van der Waals surface area contributed by atoms with Gasteiger partial charge in [0.15, 0.2) is 11.6 Å². The van der Waals surface area contributed by atoms with E-state index in [-0.39, 0.29) is 10.8 Å². The van der Waals surface area contributed by atoms with E-state index in [2.05, 4.69) is 49.2 Å². The largest absolute Gasteiger partial charge is 0.356 e. The Kier molecular flexibility index (Phi) is 7.71. The standard InChI is InChI=1S/C27H30ClFN8/c1-30-23-16-32-15-21(18-3-4-18)25(23)27(37(2)20-6-8-31-9-7-20)35-13-17-5-10-33-24(11-17)36-26-22(29)12-19(28)14-34-26/h5,10-12,14-16,18,20,31H,1,3-4,6-9,13H2,2H3,(H,33,34,36)/b35-27+. The molecule has 0 radical (unpaired) electrons. The molecule has 1 saturated heterocycles. The van der Waals surface area contributed by atoms with Crippen molar-refractivity contribution < 1.29 is 4.39 Å². The molecule has 10 heteroatoms. The van der Waals surface area contributed by atoms with Gasteiger partial charge in [-0.05, 0) is 80.7 Å². The first-order chi connectivity index (χ1) is 18.0. The zero-order valence-corrected chi connectivity index (χ0v) is 21.5. The fourth-order valence-corrected chi connectivity index (χ4v) is 4.85. The second-order valence-electron chi connectivity index (χ2n) is 9.45. The highest BCUT2D eigenvalue weighted by Crippen LogP contribution is 2.44. The highest BCUT2D eigenvalue weighted by atomic mass is 35.5. The molecule has 1 aliphatic carbocycles. The van der Waals surface area contributed by atoms with Gasteiger partial charge in [-0.3, -0.25) is 15.0 Å². The van der Waals surface area contributed by atoms with Crippen molar-refractivity contribution in [2.24, 2.45) is 9.98 Å². The van der Waals surface area contributed by atoms with Crippen molar-refractivity contribution in [2.75, 3.05) is 25.5 Å². The molecule has 0 spiro atoms. The maximum atomic E-state index is 14.2. The number of amidine groups is 1. The zero-order valence-electron chi connectivity index (χ0n) is 20.8. The Labute approximate surface area is 221 Å². The van der Waals surface area contributed by atoms with E-state index < -0.39 is 5.82 Å². The number of hydrogen-bond acceptors (Lipinski definition) is 7. The predicted molar refractivity (Wildman–Crippen MR) is 146 cm³/mol. The third kappa shape index (κ3) is 5.94. The van der Waals surface area contributed by atoms with Gasteiger partial charge < -0.3 is 15.5 Å². The highest BCUT2D eigenvalue weighted by molar-refractivity contribution is 6.30. The average Bonchev–Trinajstić information content (AvgIpc) is 3.77. The molecule has 5 rings (SSSR count). The molecule has 1 saturated carbocycles. The second-order valence-corrected chi connectivity index (χ2v) is 9.88. The molecule has 4 heterocycles. The van der Waals surface area contributed by atoms with Crippen LogP contribution in [0, 0.1) is 5.82 Å².